The Morgan fingerprint density at radius 1 is 1.11 bits per heavy atom. The lowest BCUT2D eigenvalue weighted by Gasteiger charge is -2.10. The molecule has 0 aliphatic heterocycles. The lowest BCUT2D eigenvalue weighted by molar-refractivity contribution is -0.136. The first-order chi connectivity index (χ1) is 13.5. The number of halogens is 1. The van der Waals surface area contributed by atoms with Gasteiger partial charge < -0.3 is 19.9 Å². The first kappa shape index (κ1) is 21.2. The molecule has 0 fully saturated rings. The van der Waals surface area contributed by atoms with E-state index in [1.165, 1.54) is 6.21 Å². The van der Waals surface area contributed by atoms with Crippen molar-refractivity contribution in [3.63, 3.8) is 0 Å². The zero-order chi connectivity index (χ0) is 20.5. The zero-order valence-corrected chi connectivity index (χ0v) is 16.9. The summed E-state index contributed by atoms with van der Waals surface area (Å²) in [4.78, 5) is 24.0. The van der Waals surface area contributed by atoms with Crippen LogP contribution in [-0.2, 0) is 9.59 Å². The molecule has 0 saturated heterocycles. The number of phenols is 1. The molecule has 0 saturated carbocycles. The predicted molar refractivity (Wildman–Crippen MR) is 109 cm³/mol. The molecule has 2 rings (SSSR count). The molecule has 0 spiro atoms. The summed E-state index contributed by atoms with van der Waals surface area (Å²) in [7, 11) is 0. The molecule has 0 bridgehead atoms. The SMILES string of the molecule is CCOc1ccccc1NC(=O)C(=O)N/N=C\c1cc(Br)c(O)c(OCC)c1. The average molecular weight is 450 g/mol. The number of anilines is 1. The zero-order valence-electron chi connectivity index (χ0n) is 15.4. The molecule has 0 heterocycles. The van der Waals surface area contributed by atoms with Crippen LogP contribution in [0.1, 0.15) is 19.4 Å². The van der Waals surface area contributed by atoms with E-state index in [1.54, 1.807) is 43.3 Å². The largest absolute Gasteiger partial charge is 0.503 e. The Labute approximate surface area is 170 Å². The number of para-hydroxylation sites is 2. The van der Waals surface area contributed by atoms with E-state index in [-0.39, 0.29) is 11.5 Å². The summed E-state index contributed by atoms with van der Waals surface area (Å²) in [5, 5.41) is 16.1. The summed E-state index contributed by atoms with van der Waals surface area (Å²) < 4.78 is 11.1. The van der Waals surface area contributed by atoms with Gasteiger partial charge in [0.25, 0.3) is 0 Å². The second-order valence-electron chi connectivity index (χ2n) is 5.36. The third-order valence-corrected chi connectivity index (χ3v) is 3.98. The molecule has 0 atom stereocenters. The van der Waals surface area contributed by atoms with Crippen LogP contribution in [-0.4, -0.2) is 36.3 Å². The lowest BCUT2D eigenvalue weighted by Crippen LogP contribution is -2.32. The lowest BCUT2D eigenvalue weighted by atomic mass is 10.2. The molecule has 28 heavy (non-hydrogen) atoms. The molecule has 8 nitrogen and oxygen atoms in total. The third-order valence-electron chi connectivity index (χ3n) is 3.37. The Balaban J connectivity index is 2.01. The fraction of sp³-hybridized carbons (Fsp3) is 0.211. The Morgan fingerprint density at radius 2 is 1.79 bits per heavy atom. The van der Waals surface area contributed by atoms with Crippen molar-refractivity contribution >= 4 is 39.6 Å². The minimum atomic E-state index is -0.939. The molecular weight excluding hydrogens is 430 g/mol. The Hall–Kier alpha value is -3.07. The number of carbonyl (C=O) groups excluding carboxylic acids is 2. The van der Waals surface area contributed by atoms with Crippen LogP contribution in [0.3, 0.4) is 0 Å². The second-order valence-corrected chi connectivity index (χ2v) is 6.22. The number of rotatable bonds is 7. The number of hydrazone groups is 1. The number of nitrogens with one attached hydrogen (secondary N) is 2. The molecule has 0 aliphatic carbocycles. The number of hydrogen-bond donors (Lipinski definition) is 3. The molecule has 2 amide bonds. The van der Waals surface area contributed by atoms with E-state index in [1.807, 2.05) is 6.92 Å². The van der Waals surface area contributed by atoms with Crippen molar-refractivity contribution in [1.29, 1.82) is 0 Å². The number of phenolic OH excluding ortho intramolecular Hbond substituents is 1. The summed E-state index contributed by atoms with van der Waals surface area (Å²) >= 11 is 3.21. The summed E-state index contributed by atoms with van der Waals surface area (Å²) in [5.74, 6) is -1.12. The van der Waals surface area contributed by atoms with Gasteiger partial charge in [-0.2, -0.15) is 5.10 Å². The van der Waals surface area contributed by atoms with E-state index >= 15 is 0 Å². The third kappa shape index (κ3) is 5.71. The molecule has 2 aromatic carbocycles. The molecule has 148 valence electrons. The summed E-state index contributed by atoms with van der Waals surface area (Å²) in [6.45, 7) is 4.41. The van der Waals surface area contributed by atoms with E-state index < -0.39 is 11.8 Å². The first-order valence-electron chi connectivity index (χ1n) is 8.47. The van der Waals surface area contributed by atoms with Crippen LogP contribution in [0.15, 0.2) is 46.0 Å². The van der Waals surface area contributed by atoms with Crippen LogP contribution in [0.5, 0.6) is 17.2 Å². The number of ether oxygens (including phenoxy) is 2. The Morgan fingerprint density at radius 3 is 2.50 bits per heavy atom. The van der Waals surface area contributed by atoms with Crippen molar-refractivity contribution in [2.75, 3.05) is 18.5 Å². The molecular formula is C19H20BrN3O5. The van der Waals surface area contributed by atoms with E-state index in [4.69, 9.17) is 9.47 Å². The molecule has 0 aromatic heterocycles. The van der Waals surface area contributed by atoms with Crippen LogP contribution < -0.4 is 20.2 Å². The van der Waals surface area contributed by atoms with Gasteiger partial charge in [-0.25, -0.2) is 5.43 Å². The Bertz CT molecular complexity index is 886. The molecule has 0 unspecified atom stereocenters. The van der Waals surface area contributed by atoms with Gasteiger partial charge >= 0.3 is 11.8 Å². The fourth-order valence-corrected chi connectivity index (χ4v) is 2.64. The number of benzene rings is 2. The number of nitrogens with zero attached hydrogens (tertiary/aromatic N) is 1. The maximum absolute atomic E-state index is 12.0. The molecule has 0 radical (unpaired) electrons. The maximum Gasteiger partial charge on any atom is 0.329 e. The highest BCUT2D eigenvalue weighted by Gasteiger charge is 2.15. The molecule has 3 N–H and O–H groups in total. The van der Waals surface area contributed by atoms with Crippen molar-refractivity contribution < 1.29 is 24.2 Å². The van der Waals surface area contributed by atoms with Gasteiger partial charge in [0.1, 0.15) is 5.75 Å². The van der Waals surface area contributed by atoms with E-state index in [2.05, 4.69) is 31.8 Å². The van der Waals surface area contributed by atoms with E-state index in [0.29, 0.717) is 34.7 Å². The second kappa shape index (κ2) is 10.3. The smallest absolute Gasteiger partial charge is 0.329 e. The number of carbonyl (C=O) groups is 2. The molecule has 9 heteroatoms. The van der Waals surface area contributed by atoms with Crippen molar-refractivity contribution in [2.24, 2.45) is 5.10 Å². The minimum absolute atomic E-state index is 0.0321. The van der Waals surface area contributed by atoms with Crippen LogP contribution >= 0.6 is 15.9 Å². The highest BCUT2D eigenvalue weighted by atomic mass is 79.9. The van der Waals surface area contributed by atoms with Gasteiger partial charge in [0.2, 0.25) is 0 Å². The van der Waals surface area contributed by atoms with E-state index in [0.717, 1.165) is 0 Å². The maximum atomic E-state index is 12.0. The van der Waals surface area contributed by atoms with Crippen molar-refractivity contribution in [2.45, 2.75) is 13.8 Å². The van der Waals surface area contributed by atoms with Gasteiger partial charge in [-0.05, 0) is 59.6 Å². The van der Waals surface area contributed by atoms with Crippen molar-refractivity contribution in [3.05, 3.63) is 46.4 Å². The van der Waals surface area contributed by atoms with Gasteiger partial charge in [0.05, 0.1) is 29.6 Å². The van der Waals surface area contributed by atoms with Crippen LogP contribution in [0.2, 0.25) is 0 Å². The van der Waals surface area contributed by atoms with Gasteiger partial charge in [-0.1, -0.05) is 12.1 Å². The molecule has 0 aliphatic rings. The number of hydrogen-bond acceptors (Lipinski definition) is 6. The van der Waals surface area contributed by atoms with Crippen molar-refractivity contribution in [3.8, 4) is 17.2 Å². The van der Waals surface area contributed by atoms with E-state index in [9.17, 15) is 14.7 Å². The highest BCUT2D eigenvalue weighted by Crippen LogP contribution is 2.35. The minimum Gasteiger partial charge on any atom is -0.503 e. The quantitative estimate of drug-likeness (QED) is 0.341. The Kier molecular flexibility index (Phi) is 7.82. The van der Waals surface area contributed by atoms with Gasteiger partial charge in [0.15, 0.2) is 11.5 Å². The number of aromatic hydroxyl groups is 1. The monoisotopic (exact) mass is 449 g/mol. The molecule has 2 aromatic rings. The van der Waals surface area contributed by atoms with Gasteiger partial charge in [-0.15, -0.1) is 0 Å². The van der Waals surface area contributed by atoms with Crippen LogP contribution in [0.4, 0.5) is 5.69 Å². The first-order valence-corrected chi connectivity index (χ1v) is 9.27. The van der Waals surface area contributed by atoms with Gasteiger partial charge in [0, 0.05) is 0 Å². The van der Waals surface area contributed by atoms with Crippen LogP contribution in [0, 0.1) is 0 Å². The van der Waals surface area contributed by atoms with Gasteiger partial charge in [-0.3, -0.25) is 9.59 Å². The van der Waals surface area contributed by atoms with Crippen LogP contribution in [0.25, 0.3) is 0 Å². The topological polar surface area (TPSA) is 109 Å². The normalized spacial score (nSPS) is 10.5. The summed E-state index contributed by atoms with van der Waals surface area (Å²) in [5.41, 5.74) is 3.09. The summed E-state index contributed by atoms with van der Waals surface area (Å²) in [6, 6.07) is 9.93. The average Bonchev–Trinajstić information content (AvgIpc) is 2.67. The summed E-state index contributed by atoms with van der Waals surface area (Å²) in [6.07, 6.45) is 1.33. The van der Waals surface area contributed by atoms with Crippen molar-refractivity contribution in [1.82, 2.24) is 5.43 Å². The highest BCUT2D eigenvalue weighted by molar-refractivity contribution is 9.10. The predicted octanol–water partition coefficient (Wildman–Crippen LogP) is 3.04. The number of amides is 2. The fourth-order valence-electron chi connectivity index (χ4n) is 2.18. The standard InChI is InChI=1S/C19H20BrN3O5/c1-3-27-15-8-6-5-7-14(15)22-18(25)19(26)23-21-11-12-9-13(20)17(24)16(10-12)28-4-2/h5-11,24H,3-4H2,1-2H3,(H,22,25)(H,23,26)/b21-11-.